The van der Waals surface area contributed by atoms with Crippen LogP contribution in [0.4, 0.5) is 11.5 Å². The second-order valence-corrected chi connectivity index (χ2v) is 4.47. The summed E-state index contributed by atoms with van der Waals surface area (Å²) in [6.45, 7) is 3.77. The quantitative estimate of drug-likeness (QED) is 0.652. The third-order valence-corrected chi connectivity index (χ3v) is 3.09. The molecule has 1 aromatic carbocycles. The van der Waals surface area contributed by atoms with Crippen LogP contribution >= 0.6 is 0 Å². The van der Waals surface area contributed by atoms with E-state index in [4.69, 9.17) is 5.73 Å². The van der Waals surface area contributed by atoms with E-state index in [2.05, 4.69) is 10.2 Å². The smallest absolute Gasteiger partial charge is 0.272 e. The number of nitrogens with two attached hydrogens (primary N) is 1. The Morgan fingerprint density at radius 3 is 2.84 bits per heavy atom. The van der Waals surface area contributed by atoms with Crippen molar-refractivity contribution in [2.24, 2.45) is 0 Å². The molecule has 1 heterocycles. The normalized spacial score (nSPS) is 10.6. The van der Waals surface area contributed by atoms with E-state index in [1.165, 1.54) is 0 Å². The van der Waals surface area contributed by atoms with Gasteiger partial charge >= 0.3 is 0 Å². The van der Waals surface area contributed by atoms with Crippen LogP contribution in [-0.4, -0.2) is 15.1 Å². The number of anilines is 1. The zero-order valence-electron chi connectivity index (χ0n) is 10.9. The van der Waals surface area contributed by atoms with Crippen molar-refractivity contribution in [2.75, 3.05) is 5.73 Å². The van der Waals surface area contributed by atoms with Crippen molar-refractivity contribution < 1.29 is 4.92 Å². The molecule has 0 fully saturated rings. The molecule has 19 heavy (non-hydrogen) atoms. The van der Waals surface area contributed by atoms with Gasteiger partial charge in [-0.2, -0.15) is 5.10 Å². The van der Waals surface area contributed by atoms with Crippen molar-refractivity contribution in [3.05, 3.63) is 39.4 Å². The Bertz CT molecular complexity index is 619. The van der Waals surface area contributed by atoms with Crippen molar-refractivity contribution in [3.63, 3.8) is 0 Å². The SMILES string of the molecule is CCCc1c(N)n[nH]c1-c1ccc(C)c([N+](=O)[O-])c1. The molecule has 100 valence electrons. The Morgan fingerprint density at radius 2 is 2.21 bits per heavy atom. The molecule has 0 atom stereocenters. The highest BCUT2D eigenvalue weighted by molar-refractivity contribution is 5.70. The molecule has 1 aromatic heterocycles. The number of aromatic amines is 1. The number of rotatable bonds is 4. The number of hydrogen-bond donors (Lipinski definition) is 2. The second-order valence-electron chi connectivity index (χ2n) is 4.47. The van der Waals surface area contributed by atoms with Gasteiger partial charge < -0.3 is 5.73 Å². The summed E-state index contributed by atoms with van der Waals surface area (Å²) in [6, 6.07) is 5.14. The lowest BCUT2D eigenvalue weighted by Gasteiger charge is -2.04. The summed E-state index contributed by atoms with van der Waals surface area (Å²) < 4.78 is 0. The van der Waals surface area contributed by atoms with Crippen LogP contribution < -0.4 is 5.73 Å². The Labute approximate surface area is 110 Å². The molecule has 0 radical (unpaired) electrons. The number of hydrogen-bond acceptors (Lipinski definition) is 4. The first kappa shape index (κ1) is 13.1. The van der Waals surface area contributed by atoms with Gasteiger partial charge in [0, 0.05) is 22.8 Å². The average molecular weight is 260 g/mol. The molecular weight excluding hydrogens is 244 g/mol. The topological polar surface area (TPSA) is 97.8 Å². The molecule has 0 saturated carbocycles. The van der Waals surface area contributed by atoms with Crippen molar-refractivity contribution in [1.82, 2.24) is 10.2 Å². The number of nitro groups is 1. The van der Waals surface area contributed by atoms with Gasteiger partial charge in [0.1, 0.15) is 5.82 Å². The highest BCUT2D eigenvalue weighted by Crippen LogP contribution is 2.30. The van der Waals surface area contributed by atoms with Crippen LogP contribution in [0.2, 0.25) is 0 Å². The first-order valence-corrected chi connectivity index (χ1v) is 6.12. The van der Waals surface area contributed by atoms with Crippen molar-refractivity contribution in [1.29, 1.82) is 0 Å². The van der Waals surface area contributed by atoms with Crippen molar-refractivity contribution in [2.45, 2.75) is 26.7 Å². The molecule has 2 aromatic rings. The van der Waals surface area contributed by atoms with Gasteiger partial charge in [0.25, 0.3) is 5.69 Å². The van der Waals surface area contributed by atoms with Crippen LogP contribution in [0.5, 0.6) is 0 Å². The highest BCUT2D eigenvalue weighted by Gasteiger charge is 2.16. The summed E-state index contributed by atoms with van der Waals surface area (Å²) >= 11 is 0. The predicted molar refractivity (Wildman–Crippen MR) is 73.8 cm³/mol. The summed E-state index contributed by atoms with van der Waals surface area (Å²) in [4.78, 5) is 10.6. The molecule has 3 N–H and O–H groups in total. The van der Waals surface area contributed by atoms with Crippen LogP contribution in [0.25, 0.3) is 11.3 Å². The zero-order chi connectivity index (χ0) is 14.0. The molecular formula is C13H16N4O2. The maximum atomic E-state index is 11.0. The van der Waals surface area contributed by atoms with E-state index < -0.39 is 0 Å². The lowest BCUT2D eigenvalue weighted by Crippen LogP contribution is -1.95. The average Bonchev–Trinajstić information content (AvgIpc) is 2.72. The minimum absolute atomic E-state index is 0.105. The van der Waals surface area contributed by atoms with E-state index in [1.54, 1.807) is 19.1 Å². The summed E-state index contributed by atoms with van der Waals surface area (Å²) in [7, 11) is 0. The van der Waals surface area contributed by atoms with Gasteiger partial charge in [-0.1, -0.05) is 25.5 Å². The van der Waals surface area contributed by atoms with E-state index >= 15 is 0 Å². The molecule has 6 heteroatoms. The van der Waals surface area contributed by atoms with Crippen LogP contribution in [0, 0.1) is 17.0 Å². The molecule has 0 aliphatic carbocycles. The highest BCUT2D eigenvalue weighted by atomic mass is 16.6. The van der Waals surface area contributed by atoms with E-state index in [-0.39, 0.29) is 10.6 Å². The van der Waals surface area contributed by atoms with Crippen LogP contribution in [0.1, 0.15) is 24.5 Å². The maximum Gasteiger partial charge on any atom is 0.272 e. The van der Waals surface area contributed by atoms with Crippen molar-refractivity contribution in [3.8, 4) is 11.3 Å². The molecule has 0 bridgehead atoms. The fraction of sp³-hybridized carbons (Fsp3) is 0.308. The standard InChI is InChI=1S/C13H16N4O2/c1-3-4-10-12(15-16-13(10)14)9-6-5-8(2)11(7-9)17(18)19/h5-7H,3-4H2,1-2H3,(H3,14,15,16). The largest absolute Gasteiger partial charge is 0.382 e. The van der Waals surface area contributed by atoms with Crippen LogP contribution in [-0.2, 0) is 6.42 Å². The number of H-pyrrole nitrogens is 1. The number of aromatic nitrogens is 2. The Hall–Kier alpha value is -2.37. The molecule has 0 aliphatic heterocycles. The number of nitrogens with one attached hydrogen (secondary N) is 1. The fourth-order valence-electron chi connectivity index (χ4n) is 2.08. The molecule has 2 rings (SSSR count). The maximum absolute atomic E-state index is 11.0. The second kappa shape index (κ2) is 5.09. The predicted octanol–water partition coefficient (Wildman–Crippen LogP) is 2.83. The Balaban J connectivity index is 2.53. The van der Waals surface area contributed by atoms with Gasteiger partial charge in [-0.05, 0) is 13.3 Å². The van der Waals surface area contributed by atoms with Gasteiger partial charge in [0.15, 0.2) is 0 Å². The number of nitrogen functional groups attached to an aromatic ring is 1. The fourth-order valence-corrected chi connectivity index (χ4v) is 2.08. The monoisotopic (exact) mass is 260 g/mol. The summed E-state index contributed by atoms with van der Waals surface area (Å²) in [5, 5.41) is 17.8. The summed E-state index contributed by atoms with van der Waals surface area (Å²) in [5.41, 5.74) is 8.98. The van der Waals surface area contributed by atoms with Crippen molar-refractivity contribution >= 4 is 11.5 Å². The molecule has 0 saturated heterocycles. The van der Waals surface area contributed by atoms with E-state index in [0.717, 1.165) is 29.7 Å². The minimum Gasteiger partial charge on any atom is -0.382 e. The Morgan fingerprint density at radius 1 is 1.47 bits per heavy atom. The number of aryl methyl sites for hydroxylation is 1. The van der Waals surface area contributed by atoms with Gasteiger partial charge in [0.05, 0.1) is 10.6 Å². The van der Waals surface area contributed by atoms with Gasteiger partial charge in [-0.15, -0.1) is 0 Å². The van der Waals surface area contributed by atoms with Gasteiger partial charge in [-0.25, -0.2) is 0 Å². The van der Waals surface area contributed by atoms with Crippen LogP contribution in [0.15, 0.2) is 18.2 Å². The molecule has 0 aliphatic rings. The number of benzene rings is 1. The number of nitro benzene ring substituents is 1. The Kier molecular flexibility index (Phi) is 3.50. The number of nitrogens with zero attached hydrogens (tertiary/aromatic N) is 2. The summed E-state index contributed by atoms with van der Waals surface area (Å²) in [6.07, 6.45) is 1.73. The van der Waals surface area contributed by atoms with E-state index in [0.29, 0.717) is 11.4 Å². The van der Waals surface area contributed by atoms with E-state index in [1.807, 2.05) is 13.0 Å². The zero-order valence-corrected chi connectivity index (χ0v) is 10.9. The van der Waals surface area contributed by atoms with E-state index in [9.17, 15) is 10.1 Å². The minimum atomic E-state index is -0.377. The lowest BCUT2D eigenvalue weighted by atomic mass is 10.0. The molecule has 0 spiro atoms. The summed E-state index contributed by atoms with van der Waals surface area (Å²) in [5.74, 6) is 0.458. The van der Waals surface area contributed by atoms with Crippen LogP contribution in [0.3, 0.4) is 0 Å². The molecule has 0 unspecified atom stereocenters. The first-order valence-electron chi connectivity index (χ1n) is 6.12. The molecule has 6 nitrogen and oxygen atoms in total. The van der Waals surface area contributed by atoms with Gasteiger partial charge in [-0.3, -0.25) is 15.2 Å². The third-order valence-electron chi connectivity index (χ3n) is 3.09. The third kappa shape index (κ3) is 2.42. The first-order chi connectivity index (χ1) is 9.04. The lowest BCUT2D eigenvalue weighted by molar-refractivity contribution is -0.385. The van der Waals surface area contributed by atoms with Gasteiger partial charge in [0.2, 0.25) is 0 Å². The molecule has 0 amide bonds.